The standard InChI is InChI=1S/C16H25N3O2/c1-13-7-5-6-8-15(13)11-17-16(21)12-19(14(2)20)10-9-18(3)4/h5-8H,9-12H2,1-4H3,(H,17,21). The first-order valence-corrected chi connectivity index (χ1v) is 7.11. The van der Waals surface area contributed by atoms with Gasteiger partial charge in [0.2, 0.25) is 11.8 Å². The van der Waals surface area contributed by atoms with Crippen LogP contribution >= 0.6 is 0 Å². The van der Waals surface area contributed by atoms with Crippen molar-refractivity contribution in [3.05, 3.63) is 35.4 Å². The average Bonchev–Trinajstić information content (AvgIpc) is 2.42. The second kappa shape index (κ2) is 8.42. The average molecular weight is 291 g/mol. The van der Waals surface area contributed by atoms with Gasteiger partial charge in [0, 0.05) is 26.6 Å². The molecule has 0 aliphatic carbocycles. The Bertz CT molecular complexity index is 486. The van der Waals surface area contributed by atoms with Crippen LogP contribution in [0.2, 0.25) is 0 Å². The highest BCUT2D eigenvalue weighted by Gasteiger charge is 2.13. The summed E-state index contributed by atoms with van der Waals surface area (Å²) in [4.78, 5) is 27.1. The van der Waals surface area contributed by atoms with E-state index in [9.17, 15) is 9.59 Å². The van der Waals surface area contributed by atoms with Crippen LogP contribution in [-0.2, 0) is 16.1 Å². The lowest BCUT2D eigenvalue weighted by atomic mass is 10.1. The van der Waals surface area contributed by atoms with Gasteiger partial charge >= 0.3 is 0 Å². The van der Waals surface area contributed by atoms with E-state index in [0.717, 1.165) is 17.7 Å². The van der Waals surface area contributed by atoms with Gasteiger partial charge in [-0.15, -0.1) is 0 Å². The fourth-order valence-corrected chi connectivity index (χ4v) is 1.90. The van der Waals surface area contributed by atoms with Crippen molar-refractivity contribution >= 4 is 11.8 Å². The van der Waals surface area contributed by atoms with Crippen LogP contribution in [0.3, 0.4) is 0 Å². The third kappa shape index (κ3) is 6.40. The van der Waals surface area contributed by atoms with Gasteiger partial charge in [-0.1, -0.05) is 24.3 Å². The fraction of sp³-hybridized carbons (Fsp3) is 0.500. The summed E-state index contributed by atoms with van der Waals surface area (Å²) in [6.07, 6.45) is 0. The molecule has 5 nitrogen and oxygen atoms in total. The highest BCUT2D eigenvalue weighted by molar-refractivity contribution is 5.83. The monoisotopic (exact) mass is 291 g/mol. The van der Waals surface area contributed by atoms with E-state index in [-0.39, 0.29) is 18.4 Å². The Kier molecular flexibility index (Phi) is 6.88. The van der Waals surface area contributed by atoms with Crippen LogP contribution in [0, 0.1) is 6.92 Å². The number of nitrogens with one attached hydrogen (secondary N) is 1. The van der Waals surface area contributed by atoms with Crippen molar-refractivity contribution in [1.82, 2.24) is 15.1 Å². The maximum absolute atomic E-state index is 12.0. The van der Waals surface area contributed by atoms with Crippen LogP contribution in [0.4, 0.5) is 0 Å². The van der Waals surface area contributed by atoms with Crippen LogP contribution in [0.1, 0.15) is 18.1 Å². The minimum Gasteiger partial charge on any atom is -0.350 e. The molecule has 0 radical (unpaired) electrons. The van der Waals surface area contributed by atoms with Gasteiger partial charge in [0.05, 0.1) is 6.54 Å². The number of amides is 2. The van der Waals surface area contributed by atoms with Crippen LogP contribution < -0.4 is 5.32 Å². The van der Waals surface area contributed by atoms with E-state index in [1.807, 2.05) is 50.2 Å². The molecule has 0 saturated heterocycles. The summed E-state index contributed by atoms with van der Waals surface area (Å²) in [5.74, 6) is -0.213. The SMILES string of the molecule is CC(=O)N(CCN(C)C)CC(=O)NCc1ccccc1C. The number of likely N-dealkylation sites (N-methyl/N-ethyl adjacent to an activating group) is 1. The predicted octanol–water partition coefficient (Wildman–Crippen LogP) is 1.02. The van der Waals surface area contributed by atoms with Crippen molar-refractivity contribution < 1.29 is 9.59 Å². The Morgan fingerprint density at radius 1 is 1.14 bits per heavy atom. The number of rotatable bonds is 7. The lowest BCUT2D eigenvalue weighted by molar-refractivity contribution is -0.134. The molecule has 0 spiro atoms. The lowest BCUT2D eigenvalue weighted by Crippen LogP contribution is -2.42. The maximum Gasteiger partial charge on any atom is 0.239 e. The predicted molar refractivity (Wildman–Crippen MR) is 83.8 cm³/mol. The lowest BCUT2D eigenvalue weighted by Gasteiger charge is -2.22. The Morgan fingerprint density at radius 2 is 1.81 bits per heavy atom. The van der Waals surface area contributed by atoms with E-state index in [1.165, 1.54) is 6.92 Å². The second-order valence-electron chi connectivity index (χ2n) is 5.45. The summed E-state index contributed by atoms with van der Waals surface area (Å²) in [7, 11) is 3.88. The van der Waals surface area contributed by atoms with Crippen molar-refractivity contribution in [1.29, 1.82) is 0 Å². The van der Waals surface area contributed by atoms with Gasteiger partial charge in [-0.05, 0) is 32.1 Å². The first-order valence-electron chi connectivity index (χ1n) is 7.11. The molecule has 1 aromatic carbocycles. The number of hydrogen-bond donors (Lipinski definition) is 1. The molecular weight excluding hydrogens is 266 g/mol. The minimum atomic E-state index is -0.132. The second-order valence-corrected chi connectivity index (χ2v) is 5.45. The Morgan fingerprint density at radius 3 is 2.38 bits per heavy atom. The number of aryl methyl sites for hydroxylation is 1. The number of hydrogen-bond acceptors (Lipinski definition) is 3. The molecule has 0 unspecified atom stereocenters. The Balaban J connectivity index is 2.47. The fourth-order valence-electron chi connectivity index (χ4n) is 1.90. The number of nitrogens with zero attached hydrogens (tertiary/aromatic N) is 2. The first kappa shape index (κ1) is 17.2. The molecule has 0 fully saturated rings. The normalized spacial score (nSPS) is 10.5. The molecule has 1 rings (SSSR count). The third-order valence-corrected chi connectivity index (χ3v) is 3.33. The van der Waals surface area contributed by atoms with Crippen molar-refractivity contribution in [2.75, 3.05) is 33.7 Å². The third-order valence-electron chi connectivity index (χ3n) is 3.33. The Hall–Kier alpha value is -1.88. The molecule has 0 atom stereocenters. The topological polar surface area (TPSA) is 52.7 Å². The van der Waals surface area contributed by atoms with Gasteiger partial charge in [0.1, 0.15) is 0 Å². The molecule has 0 aromatic heterocycles. The minimum absolute atomic E-state index is 0.0807. The smallest absolute Gasteiger partial charge is 0.239 e. The number of benzene rings is 1. The molecule has 0 aliphatic rings. The van der Waals surface area contributed by atoms with Crippen LogP contribution in [0.5, 0.6) is 0 Å². The molecule has 21 heavy (non-hydrogen) atoms. The number of carbonyl (C=O) groups is 2. The van der Waals surface area contributed by atoms with E-state index in [4.69, 9.17) is 0 Å². The van der Waals surface area contributed by atoms with E-state index >= 15 is 0 Å². The van der Waals surface area contributed by atoms with Gasteiger partial charge < -0.3 is 15.1 Å². The van der Waals surface area contributed by atoms with E-state index in [2.05, 4.69) is 5.32 Å². The van der Waals surface area contributed by atoms with Gasteiger partial charge in [-0.3, -0.25) is 9.59 Å². The summed E-state index contributed by atoms with van der Waals surface area (Å²) in [6.45, 7) is 5.40. The highest BCUT2D eigenvalue weighted by Crippen LogP contribution is 2.06. The van der Waals surface area contributed by atoms with Gasteiger partial charge in [-0.25, -0.2) is 0 Å². The van der Waals surface area contributed by atoms with E-state index < -0.39 is 0 Å². The van der Waals surface area contributed by atoms with Crippen LogP contribution in [0.15, 0.2) is 24.3 Å². The molecule has 1 aromatic rings. The van der Waals surface area contributed by atoms with E-state index in [0.29, 0.717) is 13.1 Å². The largest absolute Gasteiger partial charge is 0.350 e. The number of carbonyl (C=O) groups excluding carboxylic acids is 2. The molecule has 2 amide bonds. The zero-order valence-corrected chi connectivity index (χ0v) is 13.3. The molecule has 0 bridgehead atoms. The summed E-state index contributed by atoms with van der Waals surface area (Å²) in [6, 6.07) is 7.93. The molecular formula is C16H25N3O2. The van der Waals surface area contributed by atoms with Crippen molar-refractivity contribution in [3.8, 4) is 0 Å². The summed E-state index contributed by atoms with van der Waals surface area (Å²) in [5.41, 5.74) is 2.24. The van der Waals surface area contributed by atoms with Crippen LogP contribution in [0.25, 0.3) is 0 Å². The van der Waals surface area contributed by atoms with E-state index in [1.54, 1.807) is 4.90 Å². The summed E-state index contributed by atoms with van der Waals surface area (Å²) in [5, 5.41) is 2.87. The highest BCUT2D eigenvalue weighted by atomic mass is 16.2. The Labute approximate surface area is 126 Å². The zero-order valence-electron chi connectivity index (χ0n) is 13.3. The van der Waals surface area contributed by atoms with Gasteiger partial charge in [0.15, 0.2) is 0 Å². The van der Waals surface area contributed by atoms with Gasteiger partial charge in [-0.2, -0.15) is 0 Å². The molecule has 5 heteroatoms. The summed E-state index contributed by atoms with van der Waals surface area (Å²) >= 11 is 0. The quantitative estimate of drug-likeness (QED) is 0.816. The molecule has 1 N–H and O–H groups in total. The molecule has 0 aliphatic heterocycles. The van der Waals surface area contributed by atoms with Crippen LogP contribution in [-0.4, -0.2) is 55.3 Å². The molecule has 0 saturated carbocycles. The van der Waals surface area contributed by atoms with Gasteiger partial charge in [0.25, 0.3) is 0 Å². The zero-order chi connectivity index (χ0) is 15.8. The molecule has 116 valence electrons. The first-order chi connectivity index (χ1) is 9.90. The maximum atomic E-state index is 12.0. The molecule has 0 heterocycles. The van der Waals surface area contributed by atoms with Crippen molar-refractivity contribution in [3.63, 3.8) is 0 Å². The van der Waals surface area contributed by atoms with Crippen molar-refractivity contribution in [2.45, 2.75) is 20.4 Å². The summed E-state index contributed by atoms with van der Waals surface area (Å²) < 4.78 is 0. The van der Waals surface area contributed by atoms with Crippen molar-refractivity contribution in [2.24, 2.45) is 0 Å².